The van der Waals surface area contributed by atoms with E-state index in [-0.39, 0.29) is 23.3 Å². The molecule has 2 heterocycles. The van der Waals surface area contributed by atoms with E-state index in [9.17, 15) is 13.6 Å². The van der Waals surface area contributed by atoms with E-state index in [2.05, 4.69) is 4.99 Å². The van der Waals surface area contributed by atoms with Gasteiger partial charge in [-0.25, -0.2) is 8.78 Å². The number of carbonyl (C=O) groups excluding carboxylic acids is 1. The number of aliphatic imine (C=N–C) groups is 1. The van der Waals surface area contributed by atoms with Crippen LogP contribution in [0.5, 0.6) is 0 Å². The predicted molar refractivity (Wildman–Crippen MR) is 66.7 cm³/mol. The van der Waals surface area contributed by atoms with Crippen molar-refractivity contribution in [1.82, 2.24) is 4.90 Å². The second-order valence-corrected chi connectivity index (χ2v) is 4.83. The normalized spacial score (nSPS) is 25.5. The monoisotopic (exact) mass is 262 g/mol. The van der Waals surface area contributed by atoms with Crippen LogP contribution in [-0.4, -0.2) is 30.1 Å². The van der Waals surface area contributed by atoms with Crippen LogP contribution in [0, 0.1) is 23.5 Å². The molecule has 0 N–H and O–H groups in total. The molecule has 0 radical (unpaired) electrons. The Kier molecular flexibility index (Phi) is 2.69. The summed E-state index contributed by atoms with van der Waals surface area (Å²) in [6, 6.07) is 3.42. The fourth-order valence-electron chi connectivity index (χ4n) is 2.68. The van der Waals surface area contributed by atoms with E-state index < -0.39 is 11.6 Å². The highest BCUT2D eigenvalue weighted by atomic mass is 19.1. The molecule has 2 unspecified atom stereocenters. The molecule has 19 heavy (non-hydrogen) atoms. The van der Waals surface area contributed by atoms with Gasteiger partial charge < -0.3 is 4.90 Å². The van der Waals surface area contributed by atoms with Crippen LogP contribution in [0.15, 0.2) is 35.5 Å². The lowest BCUT2D eigenvalue weighted by Crippen LogP contribution is -2.26. The van der Waals surface area contributed by atoms with Crippen LogP contribution in [-0.2, 0) is 4.79 Å². The molecule has 3 nitrogen and oxygen atoms in total. The Morgan fingerprint density at radius 3 is 2.89 bits per heavy atom. The fourth-order valence-corrected chi connectivity index (χ4v) is 2.68. The van der Waals surface area contributed by atoms with E-state index in [1.54, 1.807) is 18.0 Å². The molecule has 0 spiro atoms. The van der Waals surface area contributed by atoms with Crippen LogP contribution < -0.4 is 0 Å². The van der Waals surface area contributed by atoms with Crippen molar-refractivity contribution in [2.75, 3.05) is 13.6 Å². The number of rotatable bonds is 1. The number of likely N-dealkylation sites (tertiary alicyclic amines) is 1. The molecular formula is C14H12F2N2O. The van der Waals surface area contributed by atoms with E-state index >= 15 is 0 Å². The minimum absolute atomic E-state index is 0.0103. The Bertz CT molecular complexity index is 609. The summed E-state index contributed by atoms with van der Waals surface area (Å²) in [7, 11) is 1.72. The van der Waals surface area contributed by atoms with E-state index in [4.69, 9.17) is 0 Å². The maximum Gasteiger partial charge on any atom is 0.230 e. The van der Waals surface area contributed by atoms with Crippen molar-refractivity contribution < 1.29 is 13.6 Å². The first kappa shape index (κ1) is 12.0. The van der Waals surface area contributed by atoms with Gasteiger partial charge in [0.2, 0.25) is 5.91 Å². The molecular weight excluding hydrogens is 250 g/mol. The van der Waals surface area contributed by atoms with Gasteiger partial charge in [0, 0.05) is 37.3 Å². The van der Waals surface area contributed by atoms with Crippen LogP contribution >= 0.6 is 0 Å². The Hall–Kier alpha value is -2.04. The lowest BCUT2D eigenvalue weighted by molar-refractivity contribution is -0.128. The molecule has 98 valence electrons. The van der Waals surface area contributed by atoms with Crippen molar-refractivity contribution in [3.63, 3.8) is 0 Å². The summed E-state index contributed by atoms with van der Waals surface area (Å²) in [5.41, 5.74) is 0.784. The zero-order chi connectivity index (χ0) is 13.6. The largest absolute Gasteiger partial charge is 0.345 e. The molecule has 2 aliphatic rings. The number of fused-ring (bicyclic) bond motifs is 1. The number of benzene rings is 1. The Labute approximate surface area is 109 Å². The van der Waals surface area contributed by atoms with Crippen LogP contribution in [0.4, 0.5) is 8.78 Å². The van der Waals surface area contributed by atoms with Crippen molar-refractivity contribution in [2.45, 2.75) is 0 Å². The summed E-state index contributed by atoms with van der Waals surface area (Å²) >= 11 is 0. The van der Waals surface area contributed by atoms with Crippen molar-refractivity contribution in [3.05, 3.63) is 47.7 Å². The topological polar surface area (TPSA) is 32.7 Å². The minimum Gasteiger partial charge on any atom is -0.345 e. The third-order valence-corrected chi connectivity index (χ3v) is 3.63. The summed E-state index contributed by atoms with van der Waals surface area (Å²) in [6.45, 7) is 0.503. The molecule has 1 aromatic rings. The lowest BCUT2D eigenvalue weighted by atomic mass is 9.85. The summed E-state index contributed by atoms with van der Waals surface area (Å²) in [5, 5.41) is 0. The van der Waals surface area contributed by atoms with E-state index in [0.717, 1.165) is 6.07 Å². The maximum absolute atomic E-state index is 13.8. The van der Waals surface area contributed by atoms with Crippen LogP contribution in [0.2, 0.25) is 0 Å². The van der Waals surface area contributed by atoms with Crippen molar-refractivity contribution in [1.29, 1.82) is 0 Å². The first-order chi connectivity index (χ1) is 9.08. The van der Waals surface area contributed by atoms with Crippen LogP contribution in [0.25, 0.3) is 0 Å². The van der Waals surface area contributed by atoms with Gasteiger partial charge in [-0.1, -0.05) is 6.08 Å². The quantitative estimate of drug-likeness (QED) is 0.761. The van der Waals surface area contributed by atoms with E-state index in [0.29, 0.717) is 12.3 Å². The molecule has 2 aliphatic heterocycles. The number of nitrogens with zero attached hydrogens (tertiary/aromatic N) is 2. The Morgan fingerprint density at radius 2 is 2.16 bits per heavy atom. The third kappa shape index (κ3) is 1.85. The van der Waals surface area contributed by atoms with Gasteiger partial charge in [0.1, 0.15) is 11.6 Å². The zero-order valence-electron chi connectivity index (χ0n) is 10.3. The fraction of sp³-hybridized carbons (Fsp3) is 0.286. The first-order valence-electron chi connectivity index (χ1n) is 6.02. The second kappa shape index (κ2) is 4.26. The molecule has 3 rings (SSSR count). The number of hydrogen-bond donors (Lipinski definition) is 0. The molecule has 1 fully saturated rings. The number of carbonyl (C=O) groups is 1. The average Bonchev–Trinajstić information content (AvgIpc) is 2.66. The van der Waals surface area contributed by atoms with Gasteiger partial charge in [-0.15, -0.1) is 0 Å². The third-order valence-electron chi connectivity index (χ3n) is 3.63. The second-order valence-electron chi connectivity index (χ2n) is 4.83. The molecule has 2 atom stereocenters. The lowest BCUT2D eigenvalue weighted by Gasteiger charge is -2.20. The van der Waals surface area contributed by atoms with Crippen LogP contribution in [0.3, 0.4) is 0 Å². The van der Waals surface area contributed by atoms with Gasteiger partial charge in [0.15, 0.2) is 0 Å². The van der Waals surface area contributed by atoms with Gasteiger partial charge >= 0.3 is 0 Å². The summed E-state index contributed by atoms with van der Waals surface area (Å²) in [4.78, 5) is 17.7. The molecule has 1 aromatic carbocycles. The molecule has 5 heteroatoms. The average molecular weight is 262 g/mol. The standard InChI is InChI=1S/C14H12F2N2O/c1-18-7-11-9(14(18)19)4-5-17-13(11)10-3-2-8(15)6-12(10)16/h2-6,9,11H,7H2,1H3. The molecule has 0 aromatic heterocycles. The first-order valence-corrected chi connectivity index (χ1v) is 6.02. The summed E-state index contributed by atoms with van der Waals surface area (Å²) in [5.74, 6) is -1.71. The molecule has 0 bridgehead atoms. The van der Waals surface area contributed by atoms with Crippen molar-refractivity contribution in [3.8, 4) is 0 Å². The summed E-state index contributed by atoms with van der Waals surface area (Å²) in [6.07, 6.45) is 3.26. The zero-order valence-corrected chi connectivity index (χ0v) is 10.3. The molecule has 1 amide bonds. The molecule has 1 saturated heterocycles. The van der Waals surface area contributed by atoms with Gasteiger partial charge in [-0.3, -0.25) is 9.79 Å². The maximum atomic E-state index is 13.8. The Balaban J connectivity index is 2.03. The molecule has 0 saturated carbocycles. The Morgan fingerprint density at radius 1 is 1.37 bits per heavy atom. The smallest absolute Gasteiger partial charge is 0.230 e. The van der Waals surface area contributed by atoms with Crippen molar-refractivity contribution in [2.24, 2.45) is 16.8 Å². The van der Waals surface area contributed by atoms with Gasteiger partial charge in [0.05, 0.1) is 11.6 Å². The SMILES string of the molecule is CN1CC2C(c3ccc(F)cc3F)=NC=CC2C1=O. The summed E-state index contributed by atoms with van der Waals surface area (Å²) < 4.78 is 26.8. The van der Waals surface area contributed by atoms with E-state index in [1.807, 2.05) is 0 Å². The van der Waals surface area contributed by atoms with Gasteiger partial charge in [0.25, 0.3) is 0 Å². The van der Waals surface area contributed by atoms with E-state index in [1.165, 1.54) is 18.3 Å². The number of hydrogen-bond acceptors (Lipinski definition) is 2. The highest BCUT2D eigenvalue weighted by molar-refractivity contribution is 6.07. The number of amides is 1. The van der Waals surface area contributed by atoms with Crippen LogP contribution in [0.1, 0.15) is 5.56 Å². The minimum atomic E-state index is -0.644. The molecule has 0 aliphatic carbocycles. The van der Waals surface area contributed by atoms with Crippen molar-refractivity contribution >= 4 is 11.6 Å². The predicted octanol–water partition coefficient (Wildman–Crippen LogP) is 1.99. The number of halogens is 2. The van der Waals surface area contributed by atoms with Gasteiger partial charge in [-0.05, 0) is 12.1 Å². The highest BCUT2D eigenvalue weighted by Crippen LogP contribution is 2.32. The van der Waals surface area contributed by atoms with Gasteiger partial charge in [-0.2, -0.15) is 0 Å². The highest BCUT2D eigenvalue weighted by Gasteiger charge is 2.41.